The Morgan fingerprint density at radius 2 is 1.62 bits per heavy atom. The first-order chi connectivity index (χ1) is 12.3. The minimum absolute atomic E-state index is 0.00205. The molecule has 0 atom stereocenters. The van der Waals surface area contributed by atoms with Crippen LogP contribution in [0.1, 0.15) is 30.1 Å². The van der Waals surface area contributed by atoms with E-state index in [-0.39, 0.29) is 23.0 Å². The lowest BCUT2D eigenvalue weighted by Crippen LogP contribution is -2.13. The third-order valence-corrected chi connectivity index (χ3v) is 4.77. The van der Waals surface area contributed by atoms with Gasteiger partial charge in [0.05, 0.1) is 11.5 Å². The van der Waals surface area contributed by atoms with Crippen LogP contribution >= 0.6 is 0 Å². The second-order valence-electron chi connectivity index (χ2n) is 5.88. The maximum atomic E-state index is 11.9. The molecule has 6 nitrogen and oxygen atoms in total. The topological polar surface area (TPSA) is 89.5 Å². The molecule has 0 fully saturated rings. The quantitative estimate of drug-likeness (QED) is 0.566. The lowest BCUT2D eigenvalue weighted by atomic mass is 10.1. The Morgan fingerprint density at radius 1 is 1.00 bits per heavy atom. The molecule has 0 unspecified atom stereocenters. The van der Waals surface area contributed by atoms with Gasteiger partial charge in [-0.3, -0.25) is 9.59 Å². The summed E-state index contributed by atoms with van der Waals surface area (Å²) in [7, 11) is -3.25. The lowest BCUT2D eigenvalue weighted by molar-refractivity contribution is -0.116. The van der Waals surface area contributed by atoms with Crippen molar-refractivity contribution in [2.45, 2.75) is 24.7 Å². The summed E-state index contributed by atoms with van der Waals surface area (Å²) in [4.78, 5) is 23.3. The van der Waals surface area contributed by atoms with Crippen molar-refractivity contribution in [1.82, 2.24) is 0 Å². The first-order valence-corrected chi connectivity index (χ1v) is 9.98. The van der Waals surface area contributed by atoms with E-state index in [0.29, 0.717) is 30.0 Å². The van der Waals surface area contributed by atoms with E-state index in [2.05, 4.69) is 5.32 Å². The number of carbonyl (C=O) groups is 2. The molecule has 0 aliphatic rings. The van der Waals surface area contributed by atoms with Gasteiger partial charge in [-0.1, -0.05) is 0 Å². The Hall–Kier alpha value is -2.67. The summed E-state index contributed by atoms with van der Waals surface area (Å²) in [6.45, 7) is 1.88. The highest BCUT2D eigenvalue weighted by molar-refractivity contribution is 7.90. The van der Waals surface area contributed by atoms with Gasteiger partial charge in [0.2, 0.25) is 5.91 Å². The average molecular weight is 375 g/mol. The van der Waals surface area contributed by atoms with E-state index >= 15 is 0 Å². The molecular weight excluding hydrogens is 354 g/mol. The van der Waals surface area contributed by atoms with Gasteiger partial charge in [0.1, 0.15) is 5.75 Å². The lowest BCUT2D eigenvalue weighted by Gasteiger charge is -2.08. The molecule has 0 heterocycles. The van der Waals surface area contributed by atoms with Gasteiger partial charge in [-0.05, 0) is 61.9 Å². The van der Waals surface area contributed by atoms with Crippen molar-refractivity contribution in [3.05, 3.63) is 54.1 Å². The SMILES string of the molecule is CC(=O)c1ccc(OCCCC(=O)Nc2ccc(S(C)(=O)=O)cc2)cc1. The summed E-state index contributed by atoms with van der Waals surface area (Å²) >= 11 is 0. The van der Waals surface area contributed by atoms with E-state index in [1.807, 2.05) is 0 Å². The summed E-state index contributed by atoms with van der Waals surface area (Å²) < 4.78 is 28.3. The van der Waals surface area contributed by atoms with Crippen LogP contribution < -0.4 is 10.1 Å². The Kier molecular flexibility index (Phi) is 6.52. The van der Waals surface area contributed by atoms with Gasteiger partial charge in [-0.15, -0.1) is 0 Å². The molecule has 7 heteroatoms. The molecule has 0 aromatic heterocycles. The summed E-state index contributed by atoms with van der Waals surface area (Å²) in [5.74, 6) is 0.470. The number of rotatable bonds is 8. The average Bonchev–Trinajstić information content (AvgIpc) is 2.59. The molecule has 1 amide bonds. The van der Waals surface area contributed by atoms with Crippen LogP contribution in [0, 0.1) is 0 Å². The Balaban J connectivity index is 1.74. The van der Waals surface area contributed by atoms with Crippen molar-refractivity contribution in [3.63, 3.8) is 0 Å². The minimum atomic E-state index is -3.25. The summed E-state index contributed by atoms with van der Waals surface area (Å²) in [6, 6.07) is 12.9. The number of ketones is 1. The summed E-state index contributed by atoms with van der Waals surface area (Å²) in [6.07, 6.45) is 1.94. The van der Waals surface area contributed by atoms with Crippen LogP contribution in [0.3, 0.4) is 0 Å². The standard InChI is InChI=1S/C19H21NO5S/c1-14(21)15-5-9-17(10-6-15)25-13-3-4-19(22)20-16-7-11-18(12-8-16)26(2,23)24/h5-12H,3-4,13H2,1-2H3,(H,20,22). The van der Waals surface area contributed by atoms with Crippen LogP contribution in [-0.2, 0) is 14.6 Å². The van der Waals surface area contributed by atoms with Gasteiger partial charge in [0.25, 0.3) is 0 Å². The van der Waals surface area contributed by atoms with Crippen LogP contribution in [0.15, 0.2) is 53.4 Å². The van der Waals surface area contributed by atoms with Crippen LogP contribution in [-0.4, -0.2) is 33.0 Å². The Bertz CT molecular complexity index is 871. The number of sulfone groups is 1. The van der Waals surface area contributed by atoms with Crippen molar-refractivity contribution in [3.8, 4) is 5.75 Å². The Morgan fingerprint density at radius 3 is 2.15 bits per heavy atom. The van der Waals surface area contributed by atoms with Gasteiger partial charge < -0.3 is 10.1 Å². The zero-order chi connectivity index (χ0) is 19.2. The van der Waals surface area contributed by atoms with Crippen molar-refractivity contribution >= 4 is 27.2 Å². The molecule has 26 heavy (non-hydrogen) atoms. The van der Waals surface area contributed by atoms with E-state index in [1.54, 1.807) is 36.4 Å². The monoisotopic (exact) mass is 375 g/mol. The van der Waals surface area contributed by atoms with Crippen LogP contribution in [0.2, 0.25) is 0 Å². The van der Waals surface area contributed by atoms with E-state index in [4.69, 9.17) is 4.74 Å². The van der Waals surface area contributed by atoms with E-state index in [0.717, 1.165) is 6.26 Å². The predicted octanol–water partition coefficient (Wildman–Crippen LogP) is 3.09. The molecule has 0 radical (unpaired) electrons. The highest BCUT2D eigenvalue weighted by Gasteiger charge is 2.08. The first-order valence-electron chi connectivity index (χ1n) is 8.09. The fraction of sp³-hybridized carbons (Fsp3) is 0.263. The van der Waals surface area contributed by atoms with Gasteiger partial charge in [0, 0.05) is 23.9 Å². The number of nitrogens with one attached hydrogen (secondary N) is 1. The maximum absolute atomic E-state index is 11.9. The third kappa shape index (κ3) is 6.00. The van der Waals surface area contributed by atoms with Gasteiger partial charge >= 0.3 is 0 Å². The summed E-state index contributed by atoms with van der Waals surface area (Å²) in [5, 5.41) is 2.71. The number of amides is 1. The van der Waals surface area contributed by atoms with Crippen molar-refractivity contribution < 1.29 is 22.7 Å². The number of benzene rings is 2. The van der Waals surface area contributed by atoms with Crippen molar-refractivity contribution in [2.75, 3.05) is 18.2 Å². The smallest absolute Gasteiger partial charge is 0.224 e. The molecule has 1 N–H and O–H groups in total. The second-order valence-corrected chi connectivity index (χ2v) is 7.89. The second kappa shape index (κ2) is 8.62. The number of ether oxygens (including phenoxy) is 1. The largest absolute Gasteiger partial charge is 0.494 e. The summed E-state index contributed by atoms with van der Waals surface area (Å²) in [5.41, 5.74) is 1.17. The van der Waals surface area contributed by atoms with Crippen LogP contribution in [0.4, 0.5) is 5.69 Å². The molecule has 0 saturated heterocycles. The van der Waals surface area contributed by atoms with Crippen molar-refractivity contribution in [2.24, 2.45) is 0 Å². The fourth-order valence-electron chi connectivity index (χ4n) is 2.22. The maximum Gasteiger partial charge on any atom is 0.224 e. The van der Waals surface area contributed by atoms with E-state index in [1.165, 1.54) is 19.1 Å². The molecule has 0 aliphatic heterocycles. The zero-order valence-corrected chi connectivity index (χ0v) is 15.5. The Labute approximate surface area is 153 Å². The van der Waals surface area contributed by atoms with Crippen molar-refractivity contribution in [1.29, 1.82) is 0 Å². The van der Waals surface area contributed by atoms with E-state index in [9.17, 15) is 18.0 Å². The number of hydrogen-bond acceptors (Lipinski definition) is 5. The molecule has 2 aromatic rings. The number of anilines is 1. The first kappa shape index (κ1) is 19.7. The highest BCUT2D eigenvalue weighted by Crippen LogP contribution is 2.15. The normalized spacial score (nSPS) is 11.0. The third-order valence-electron chi connectivity index (χ3n) is 3.64. The van der Waals surface area contributed by atoms with Gasteiger partial charge in [0.15, 0.2) is 15.6 Å². The van der Waals surface area contributed by atoms with Crippen LogP contribution in [0.25, 0.3) is 0 Å². The molecule has 0 saturated carbocycles. The molecule has 138 valence electrons. The van der Waals surface area contributed by atoms with Crippen LogP contribution in [0.5, 0.6) is 5.75 Å². The fourth-order valence-corrected chi connectivity index (χ4v) is 2.85. The predicted molar refractivity (Wildman–Crippen MR) is 99.4 cm³/mol. The molecule has 0 aliphatic carbocycles. The van der Waals surface area contributed by atoms with Gasteiger partial charge in [-0.25, -0.2) is 8.42 Å². The molecule has 0 bridgehead atoms. The number of Topliss-reactive ketones (excluding diaryl/α,β-unsaturated/α-hetero) is 1. The molecular formula is C19H21NO5S. The number of carbonyl (C=O) groups excluding carboxylic acids is 2. The zero-order valence-electron chi connectivity index (χ0n) is 14.7. The highest BCUT2D eigenvalue weighted by atomic mass is 32.2. The van der Waals surface area contributed by atoms with E-state index < -0.39 is 9.84 Å². The molecule has 0 spiro atoms. The number of hydrogen-bond donors (Lipinski definition) is 1. The minimum Gasteiger partial charge on any atom is -0.494 e. The van der Waals surface area contributed by atoms with Gasteiger partial charge in [-0.2, -0.15) is 0 Å². The molecule has 2 aromatic carbocycles. The molecule has 2 rings (SSSR count).